The van der Waals surface area contributed by atoms with Crippen LogP contribution >= 0.6 is 0 Å². The van der Waals surface area contributed by atoms with Gasteiger partial charge in [-0.05, 0) is 113 Å². The Kier molecular flexibility index (Phi) is 10.4. The number of pyridine rings is 3. The predicted molar refractivity (Wildman–Crippen MR) is 221 cm³/mol. The van der Waals surface area contributed by atoms with Gasteiger partial charge in [-0.1, -0.05) is 115 Å². The molecule has 4 nitrogen and oxygen atoms in total. The molecular formula is C50H41N3O. The minimum absolute atomic E-state index is 0.824. The van der Waals surface area contributed by atoms with Crippen LogP contribution in [-0.2, 0) is 25.7 Å². The van der Waals surface area contributed by atoms with Crippen molar-refractivity contribution in [3.8, 4) is 61.8 Å². The summed E-state index contributed by atoms with van der Waals surface area (Å²) in [6, 6.07) is 57.9. The number of nitrogens with zero attached hydrogens (tertiary/aromatic N) is 3. The van der Waals surface area contributed by atoms with Gasteiger partial charge in [0.05, 0.1) is 24.2 Å². The van der Waals surface area contributed by atoms with Crippen molar-refractivity contribution in [2.45, 2.75) is 25.7 Å². The fourth-order valence-electron chi connectivity index (χ4n) is 7.11. The van der Waals surface area contributed by atoms with Crippen LogP contribution in [0.1, 0.15) is 22.3 Å². The summed E-state index contributed by atoms with van der Waals surface area (Å²) < 4.78 is 6.01. The summed E-state index contributed by atoms with van der Waals surface area (Å²) in [4.78, 5) is 13.6. The van der Waals surface area contributed by atoms with Crippen LogP contribution in [0.25, 0.3) is 56.0 Å². The van der Waals surface area contributed by atoms with Crippen LogP contribution in [0.4, 0.5) is 0 Å². The summed E-state index contributed by atoms with van der Waals surface area (Å²) in [5.41, 5.74) is 16.1. The first-order valence-electron chi connectivity index (χ1n) is 18.5. The Bertz CT molecular complexity index is 2340. The molecule has 3 heterocycles. The summed E-state index contributed by atoms with van der Waals surface area (Å²) in [7, 11) is 1.74. The molecule has 5 aromatic carbocycles. The maximum atomic E-state index is 6.01. The maximum absolute atomic E-state index is 6.01. The Morgan fingerprint density at radius 2 is 0.796 bits per heavy atom. The van der Waals surface area contributed by atoms with Gasteiger partial charge in [-0.15, -0.1) is 0 Å². The lowest BCUT2D eigenvalue weighted by molar-refractivity contribution is 0.416. The molecule has 0 radical (unpaired) electrons. The number of aromatic nitrogens is 3. The minimum Gasteiger partial charge on any atom is -0.496 e. The monoisotopic (exact) mass is 699 g/mol. The molecule has 0 saturated carbocycles. The Balaban J connectivity index is 1.10. The van der Waals surface area contributed by atoms with Crippen molar-refractivity contribution >= 4 is 0 Å². The molecule has 0 fully saturated rings. The van der Waals surface area contributed by atoms with E-state index in [9.17, 15) is 0 Å². The fourth-order valence-corrected chi connectivity index (χ4v) is 7.11. The molecule has 8 aromatic rings. The van der Waals surface area contributed by atoms with Gasteiger partial charge in [-0.2, -0.15) is 0 Å². The number of benzene rings is 5. The number of hydrogen-bond acceptors (Lipinski definition) is 4. The quantitative estimate of drug-likeness (QED) is 0.127. The van der Waals surface area contributed by atoms with Crippen LogP contribution in [0, 0.1) is 0 Å². The summed E-state index contributed by atoms with van der Waals surface area (Å²) in [5, 5.41) is 0. The number of methoxy groups -OCH3 is 1. The standard InChI is InChI=1S/C50H41N3O/c1-54-50-35-42(49-14-6-9-31-53-49)27-28-46(50)45-11-3-2-10-44(45)43-33-38(17-15-36-19-23-40(24-20-36)47-12-4-7-29-51-47)32-39(34-43)18-16-37-21-25-41(26-22-37)48-13-5-8-30-52-48/h2-14,19-35H,15-18H2,1H3. The average Bonchev–Trinajstić information content (AvgIpc) is 3.26. The van der Waals surface area contributed by atoms with Crippen molar-refractivity contribution in [1.82, 2.24) is 15.0 Å². The van der Waals surface area contributed by atoms with Crippen LogP contribution in [0.3, 0.4) is 0 Å². The zero-order valence-corrected chi connectivity index (χ0v) is 30.4. The topological polar surface area (TPSA) is 47.9 Å². The Morgan fingerprint density at radius 1 is 0.352 bits per heavy atom. The van der Waals surface area contributed by atoms with Gasteiger partial charge in [-0.3, -0.25) is 15.0 Å². The highest BCUT2D eigenvalue weighted by atomic mass is 16.5. The van der Waals surface area contributed by atoms with Crippen LogP contribution < -0.4 is 4.74 Å². The van der Waals surface area contributed by atoms with E-state index in [1.165, 1.54) is 33.4 Å². The lowest BCUT2D eigenvalue weighted by Crippen LogP contribution is -1.98. The van der Waals surface area contributed by atoms with E-state index in [0.717, 1.165) is 76.3 Å². The van der Waals surface area contributed by atoms with Crippen molar-refractivity contribution in [2.75, 3.05) is 7.11 Å². The second-order valence-electron chi connectivity index (χ2n) is 13.5. The Labute approximate surface area is 317 Å². The molecule has 8 rings (SSSR count). The molecule has 0 N–H and O–H groups in total. The van der Waals surface area contributed by atoms with Crippen molar-refractivity contribution in [3.63, 3.8) is 0 Å². The van der Waals surface area contributed by atoms with Crippen LogP contribution in [-0.4, -0.2) is 22.1 Å². The number of rotatable bonds is 12. The van der Waals surface area contributed by atoms with E-state index in [2.05, 4.69) is 136 Å². The van der Waals surface area contributed by atoms with E-state index in [-0.39, 0.29) is 0 Å². The smallest absolute Gasteiger partial charge is 0.127 e. The molecule has 0 atom stereocenters. The van der Waals surface area contributed by atoms with Crippen LogP contribution in [0.5, 0.6) is 5.75 Å². The van der Waals surface area contributed by atoms with Crippen molar-refractivity contribution < 1.29 is 4.74 Å². The van der Waals surface area contributed by atoms with Gasteiger partial charge in [-0.25, -0.2) is 0 Å². The number of ether oxygens (including phenoxy) is 1. The normalized spacial score (nSPS) is 11.0. The van der Waals surface area contributed by atoms with E-state index in [4.69, 9.17) is 4.74 Å². The van der Waals surface area contributed by atoms with E-state index in [1.54, 1.807) is 7.11 Å². The highest BCUT2D eigenvalue weighted by molar-refractivity contribution is 5.87. The highest BCUT2D eigenvalue weighted by Crippen LogP contribution is 2.40. The Morgan fingerprint density at radius 3 is 1.28 bits per heavy atom. The predicted octanol–water partition coefficient (Wildman–Crippen LogP) is 11.8. The molecule has 0 unspecified atom stereocenters. The lowest BCUT2D eigenvalue weighted by atomic mass is 9.89. The molecule has 0 aliphatic carbocycles. The summed E-state index contributed by atoms with van der Waals surface area (Å²) in [6.07, 6.45) is 9.28. The third-order valence-electron chi connectivity index (χ3n) is 9.98. The zero-order valence-electron chi connectivity index (χ0n) is 30.4. The van der Waals surface area contributed by atoms with Crippen molar-refractivity contribution in [2.24, 2.45) is 0 Å². The third-order valence-corrected chi connectivity index (χ3v) is 9.98. The van der Waals surface area contributed by atoms with E-state index < -0.39 is 0 Å². The fraction of sp³-hybridized carbons (Fsp3) is 0.100. The van der Waals surface area contributed by atoms with Gasteiger partial charge in [0.1, 0.15) is 5.75 Å². The van der Waals surface area contributed by atoms with Gasteiger partial charge in [0.25, 0.3) is 0 Å². The second kappa shape index (κ2) is 16.4. The van der Waals surface area contributed by atoms with E-state index in [0.29, 0.717) is 0 Å². The third kappa shape index (κ3) is 8.04. The second-order valence-corrected chi connectivity index (χ2v) is 13.5. The van der Waals surface area contributed by atoms with E-state index in [1.807, 2.05) is 61.1 Å². The minimum atomic E-state index is 0.824. The van der Waals surface area contributed by atoms with Crippen LogP contribution in [0.2, 0.25) is 0 Å². The molecule has 262 valence electrons. The van der Waals surface area contributed by atoms with Gasteiger partial charge < -0.3 is 4.74 Å². The summed E-state index contributed by atoms with van der Waals surface area (Å²) >= 11 is 0. The molecule has 3 aromatic heterocycles. The SMILES string of the molecule is COc1cc(-c2ccccn2)ccc1-c1ccccc1-c1cc(CCc2ccc(-c3ccccn3)cc2)cc(CCc2ccc(-c3ccccn3)cc2)c1. The molecule has 0 amide bonds. The zero-order chi connectivity index (χ0) is 36.5. The summed E-state index contributed by atoms with van der Waals surface area (Å²) in [5.74, 6) is 0.824. The van der Waals surface area contributed by atoms with E-state index >= 15 is 0 Å². The molecule has 0 bridgehead atoms. The Hall–Kier alpha value is -6.65. The first-order chi connectivity index (χ1) is 26.7. The first kappa shape index (κ1) is 34.4. The molecule has 0 aliphatic heterocycles. The van der Waals surface area contributed by atoms with Crippen molar-refractivity contribution in [1.29, 1.82) is 0 Å². The molecule has 0 aliphatic rings. The number of aryl methyl sites for hydroxylation is 4. The molecular weight excluding hydrogens is 659 g/mol. The maximum Gasteiger partial charge on any atom is 0.127 e. The number of hydrogen-bond donors (Lipinski definition) is 0. The van der Waals surface area contributed by atoms with Crippen molar-refractivity contribution in [3.05, 3.63) is 205 Å². The lowest BCUT2D eigenvalue weighted by Gasteiger charge is -2.17. The van der Waals surface area contributed by atoms with Crippen LogP contribution in [0.15, 0.2) is 182 Å². The molecule has 0 saturated heterocycles. The van der Waals surface area contributed by atoms with Gasteiger partial charge in [0, 0.05) is 40.8 Å². The molecule has 54 heavy (non-hydrogen) atoms. The molecule has 0 spiro atoms. The highest BCUT2D eigenvalue weighted by Gasteiger charge is 2.15. The van der Waals surface area contributed by atoms with Gasteiger partial charge in [0.2, 0.25) is 0 Å². The first-order valence-corrected chi connectivity index (χ1v) is 18.5. The largest absolute Gasteiger partial charge is 0.496 e. The average molecular weight is 700 g/mol. The summed E-state index contributed by atoms with van der Waals surface area (Å²) in [6.45, 7) is 0. The molecule has 4 heteroatoms. The van der Waals surface area contributed by atoms with Gasteiger partial charge in [0.15, 0.2) is 0 Å². The van der Waals surface area contributed by atoms with Gasteiger partial charge >= 0.3 is 0 Å².